The molecule has 0 fully saturated rings. The molecule has 0 bridgehead atoms. The van der Waals surface area contributed by atoms with E-state index in [-0.39, 0.29) is 5.75 Å². The number of nitrogens with two attached hydrogens (primary N) is 1. The van der Waals surface area contributed by atoms with Gasteiger partial charge < -0.3 is 15.6 Å². The molecule has 106 valence electrons. The molecule has 6 nitrogen and oxygen atoms in total. The van der Waals surface area contributed by atoms with Crippen LogP contribution in [0.5, 0.6) is 11.5 Å². The van der Waals surface area contributed by atoms with Gasteiger partial charge in [0, 0.05) is 11.1 Å². The summed E-state index contributed by atoms with van der Waals surface area (Å²) in [5.41, 5.74) is 8.06. The largest absolute Gasteiger partial charge is 0.508 e. The highest BCUT2D eigenvalue weighted by Gasteiger charge is 2.09. The molecule has 0 aliphatic carbocycles. The smallest absolute Gasteiger partial charge is 0.181 e. The third-order valence-electron chi connectivity index (χ3n) is 3.11. The number of hydrogen-bond donors (Lipinski definition) is 3. The third kappa shape index (κ3) is 2.51. The van der Waals surface area contributed by atoms with Gasteiger partial charge in [0.2, 0.25) is 0 Å². The van der Waals surface area contributed by atoms with Crippen LogP contribution in [0.2, 0.25) is 0 Å². The van der Waals surface area contributed by atoms with Crippen LogP contribution in [-0.4, -0.2) is 27.4 Å². The van der Waals surface area contributed by atoms with Gasteiger partial charge in [0.05, 0.1) is 12.8 Å². The van der Waals surface area contributed by atoms with E-state index < -0.39 is 0 Å². The zero-order chi connectivity index (χ0) is 14.8. The van der Waals surface area contributed by atoms with Gasteiger partial charge in [-0.15, -0.1) is 0 Å². The number of methoxy groups -OCH3 is 1. The number of H-pyrrole nitrogens is 1. The van der Waals surface area contributed by atoms with Crippen molar-refractivity contribution in [3.8, 4) is 34.3 Å². The molecule has 0 saturated heterocycles. The van der Waals surface area contributed by atoms with E-state index in [2.05, 4.69) is 15.2 Å². The number of aromatic nitrogens is 3. The van der Waals surface area contributed by atoms with Crippen LogP contribution in [0.1, 0.15) is 0 Å². The molecule has 1 aromatic heterocycles. The van der Waals surface area contributed by atoms with Crippen molar-refractivity contribution in [2.75, 3.05) is 12.8 Å². The second kappa shape index (κ2) is 5.16. The lowest BCUT2D eigenvalue weighted by Crippen LogP contribution is -1.93. The number of anilines is 1. The predicted molar refractivity (Wildman–Crippen MR) is 79.9 cm³/mol. The number of benzene rings is 2. The van der Waals surface area contributed by atoms with Gasteiger partial charge >= 0.3 is 0 Å². The molecule has 4 N–H and O–H groups in total. The number of ether oxygens (including phenoxy) is 1. The van der Waals surface area contributed by atoms with Crippen molar-refractivity contribution in [2.24, 2.45) is 0 Å². The summed E-state index contributed by atoms with van der Waals surface area (Å²) in [5.74, 6) is 2.00. The molecule has 3 aromatic rings. The minimum Gasteiger partial charge on any atom is -0.508 e. The van der Waals surface area contributed by atoms with E-state index >= 15 is 0 Å². The second-order valence-electron chi connectivity index (χ2n) is 4.51. The lowest BCUT2D eigenvalue weighted by Gasteiger charge is -2.04. The molecule has 0 unspecified atom stereocenters. The van der Waals surface area contributed by atoms with Crippen molar-refractivity contribution in [2.45, 2.75) is 0 Å². The minimum atomic E-state index is 0.210. The SMILES string of the molecule is COc1ccc(-c2n[nH]c(-c3ccc(O)cc3)n2)cc1N. The molecule has 21 heavy (non-hydrogen) atoms. The number of aromatic hydroxyl groups is 1. The molecule has 3 rings (SSSR count). The number of hydrogen-bond acceptors (Lipinski definition) is 5. The molecule has 0 aliphatic rings. The Labute approximate surface area is 121 Å². The Balaban J connectivity index is 1.94. The molecule has 0 spiro atoms. The topological polar surface area (TPSA) is 97.0 Å². The summed E-state index contributed by atoms with van der Waals surface area (Å²) in [7, 11) is 1.57. The molecule has 6 heteroatoms. The van der Waals surface area contributed by atoms with Crippen LogP contribution in [-0.2, 0) is 0 Å². The first-order valence-electron chi connectivity index (χ1n) is 6.33. The number of aromatic amines is 1. The molecule has 0 amide bonds. The quantitative estimate of drug-likeness (QED) is 0.641. The summed E-state index contributed by atoms with van der Waals surface area (Å²) < 4.78 is 5.12. The van der Waals surface area contributed by atoms with E-state index in [0.29, 0.717) is 23.1 Å². The molecule has 0 radical (unpaired) electrons. The Morgan fingerprint density at radius 1 is 1.10 bits per heavy atom. The Kier molecular flexibility index (Phi) is 3.19. The highest BCUT2D eigenvalue weighted by atomic mass is 16.5. The lowest BCUT2D eigenvalue weighted by molar-refractivity contribution is 0.417. The fraction of sp³-hybridized carbons (Fsp3) is 0.0667. The Bertz CT molecular complexity index is 766. The first-order chi connectivity index (χ1) is 10.2. The van der Waals surface area contributed by atoms with Gasteiger partial charge in [-0.3, -0.25) is 5.10 Å². The van der Waals surface area contributed by atoms with Crippen molar-refractivity contribution in [1.29, 1.82) is 0 Å². The minimum absolute atomic E-state index is 0.210. The standard InChI is InChI=1S/C15H14N4O2/c1-21-13-7-4-10(8-12(13)16)15-17-14(18-19-15)9-2-5-11(20)6-3-9/h2-8,20H,16H2,1H3,(H,17,18,19). The average molecular weight is 282 g/mol. The first kappa shape index (κ1) is 13.0. The fourth-order valence-electron chi connectivity index (χ4n) is 2.01. The van der Waals surface area contributed by atoms with E-state index in [1.54, 1.807) is 43.5 Å². The summed E-state index contributed by atoms with van der Waals surface area (Å²) in [6, 6.07) is 12.1. The van der Waals surface area contributed by atoms with Gasteiger partial charge in [0.1, 0.15) is 11.5 Å². The number of phenols is 1. The molecule has 0 saturated carbocycles. The van der Waals surface area contributed by atoms with E-state index in [1.807, 2.05) is 6.07 Å². The van der Waals surface area contributed by atoms with Crippen molar-refractivity contribution in [3.05, 3.63) is 42.5 Å². The van der Waals surface area contributed by atoms with Crippen molar-refractivity contribution >= 4 is 5.69 Å². The van der Waals surface area contributed by atoms with E-state index in [4.69, 9.17) is 10.5 Å². The van der Waals surface area contributed by atoms with Gasteiger partial charge in [-0.05, 0) is 42.5 Å². The van der Waals surface area contributed by atoms with Crippen LogP contribution < -0.4 is 10.5 Å². The van der Waals surface area contributed by atoms with Crippen LogP contribution >= 0.6 is 0 Å². The monoisotopic (exact) mass is 282 g/mol. The average Bonchev–Trinajstić information content (AvgIpc) is 2.98. The summed E-state index contributed by atoms with van der Waals surface area (Å²) in [6.45, 7) is 0. The van der Waals surface area contributed by atoms with Crippen LogP contribution in [0.4, 0.5) is 5.69 Å². The van der Waals surface area contributed by atoms with Crippen molar-refractivity contribution in [3.63, 3.8) is 0 Å². The molecular weight excluding hydrogens is 268 g/mol. The van der Waals surface area contributed by atoms with Crippen LogP contribution in [0.3, 0.4) is 0 Å². The third-order valence-corrected chi connectivity index (χ3v) is 3.11. The van der Waals surface area contributed by atoms with Crippen LogP contribution in [0.15, 0.2) is 42.5 Å². The van der Waals surface area contributed by atoms with Gasteiger partial charge in [0.15, 0.2) is 11.6 Å². The van der Waals surface area contributed by atoms with Crippen molar-refractivity contribution in [1.82, 2.24) is 15.2 Å². The summed E-state index contributed by atoms with van der Waals surface area (Å²) in [5, 5.41) is 16.4. The normalized spacial score (nSPS) is 10.5. The summed E-state index contributed by atoms with van der Waals surface area (Å²) in [4.78, 5) is 4.43. The number of rotatable bonds is 3. The maximum Gasteiger partial charge on any atom is 0.181 e. The molecule has 0 aliphatic heterocycles. The summed E-state index contributed by atoms with van der Waals surface area (Å²) in [6.07, 6.45) is 0. The number of nitrogens with zero attached hydrogens (tertiary/aromatic N) is 2. The van der Waals surface area contributed by atoms with Gasteiger partial charge in [-0.2, -0.15) is 5.10 Å². The molecule has 1 heterocycles. The van der Waals surface area contributed by atoms with Crippen LogP contribution in [0.25, 0.3) is 22.8 Å². The highest BCUT2D eigenvalue weighted by Crippen LogP contribution is 2.27. The van der Waals surface area contributed by atoms with E-state index in [9.17, 15) is 5.11 Å². The lowest BCUT2D eigenvalue weighted by atomic mass is 10.1. The maximum atomic E-state index is 9.29. The van der Waals surface area contributed by atoms with E-state index in [0.717, 1.165) is 11.1 Å². The highest BCUT2D eigenvalue weighted by molar-refractivity contribution is 5.68. The number of phenolic OH excluding ortho intramolecular Hbond substituents is 1. The molecule has 2 aromatic carbocycles. The number of nitrogens with one attached hydrogen (secondary N) is 1. The van der Waals surface area contributed by atoms with Crippen molar-refractivity contribution < 1.29 is 9.84 Å². The van der Waals surface area contributed by atoms with Gasteiger partial charge in [0.25, 0.3) is 0 Å². The second-order valence-corrected chi connectivity index (χ2v) is 4.51. The number of nitrogen functional groups attached to an aromatic ring is 1. The summed E-state index contributed by atoms with van der Waals surface area (Å²) >= 11 is 0. The first-order valence-corrected chi connectivity index (χ1v) is 6.33. The Morgan fingerprint density at radius 2 is 1.81 bits per heavy atom. The van der Waals surface area contributed by atoms with Gasteiger partial charge in [-0.1, -0.05) is 0 Å². The molecular formula is C15H14N4O2. The fourth-order valence-corrected chi connectivity index (χ4v) is 2.01. The Morgan fingerprint density at radius 3 is 2.48 bits per heavy atom. The maximum absolute atomic E-state index is 9.29. The zero-order valence-electron chi connectivity index (χ0n) is 11.4. The Hall–Kier alpha value is -3.02. The van der Waals surface area contributed by atoms with Crippen LogP contribution in [0, 0.1) is 0 Å². The zero-order valence-corrected chi connectivity index (χ0v) is 11.4. The van der Waals surface area contributed by atoms with Gasteiger partial charge in [-0.25, -0.2) is 4.98 Å². The predicted octanol–water partition coefficient (Wildman–Crippen LogP) is 2.44. The molecule has 0 atom stereocenters. The van der Waals surface area contributed by atoms with E-state index in [1.165, 1.54) is 0 Å².